The Bertz CT molecular complexity index is 583. The molecule has 7 nitrogen and oxygen atoms in total. The van der Waals surface area contributed by atoms with Gasteiger partial charge in [-0.1, -0.05) is 11.6 Å². The van der Waals surface area contributed by atoms with Crippen LogP contribution in [0.15, 0.2) is 23.1 Å². The number of carbonyl (C=O) groups is 2. The van der Waals surface area contributed by atoms with Crippen LogP contribution in [0.2, 0.25) is 5.02 Å². The summed E-state index contributed by atoms with van der Waals surface area (Å²) in [6.45, 7) is 7.22. The van der Waals surface area contributed by atoms with Crippen molar-refractivity contribution < 1.29 is 19.4 Å². The van der Waals surface area contributed by atoms with E-state index in [0.717, 1.165) is 24.9 Å². The lowest BCUT2D eigenvalue weighted by molar-refractivity contribution is -0.129. The quantitative estimate of drug-likeness (QED) is 0.513. The van der Waals surface area contributed by atoms with Crippen LogP contribution in [-0.2, 0) is 9.53 Å². The minimum Gasteiger partial charge on any atom is -0.458 e. The summed E-state index contributed by atoms with van der Waals surface area (Å²) in [5, 5.41) is 14.0. The summed E-state index contributed by atoms with van der Waals surface area (Å²) in [5.74, 6) is 0.0264. The van der Waals surface area contributed by atoms with Gasteiger partial charge in [-0.25, -0.2) is 4.79 Å². The maximum atomic E-state index is 12.2. The number of halogens is 1. The monoisotopic (exact) mass is 403 g/mol. The highest BCUT2D eigenvalue weighted by molar-refractivity contribution is 8.13. The highest BCUT2D eigenvalue weighted by Gasteiger charge is 2.17. The number of nitrogens with one attached hydrogen (secondary N) is 2. The third-order valence-electron chi connectivity index (χ3n) is 3.30. The van der Waals surface area contributed by atoms with Crippen molar-refractivity contribution in [2.24, 2.45) is 0 Å². The molecule has 0 unspecified atom stereocenters. The predicted molar refractivity (Wildman–Crippen MR) is 105 cm³/mol. The largest absolute Gasteiger partial charge is 0.458 e. The predicted octanol–water partition coefficient (Wildman–Crippen LogP) is 2.43. The van der Waals surface area contributed by atoms with E-state index in [0.29, 0.717) is 35.3 Å². The Hall–Kier alpha value is -1.48. The molecule has 0 spiro atoms. The zero-order chi connectivity index (χ0) is 19.4. The number of anilines is 1. The molecule has 1 fully saturated rings. The summed E-state index contributed by atoms with van der Waals surface area (Å²) >= 11 is 6.98. The third-order valence-corrected chi connectivity index (χ3v) is 4.39. The van der Waals surface area contributed by atoms with E-state index in [9.17, 15) is 9.59 Å². The Morgan fingerprint density at radius 2 is 2.00 bits per heavy atom. The van der Waals surface area contributed by atoms with E-state index in [1.165, 1.54) is 0 Å². The molecule has 1 aromatic rings. The highest BCUT2D eigenvalue weighted by Crippen LogP contribution is 2.31. The van der Waals surface area contributed by atoms with Gasteiger partial charge in [-0.2, -0.15) is 0 Å². The standard InChI is InChI=1S/C15H20ClN3O3S.C2H6O/c1-2-22-15(21)23-13-4-3-11(16)9-12(13)18-10-14(20)19-7-5-17-6-8-19;1-2-3/h3-4,9,17-18H,2,5-8,10H2,1H3;3H,2H2,1H3. The van der Waals surface area contributed by atoms with Gasteiger partial charge in [0.25, 0.3) is 0 Å². The van der Waals surface area contributed by atoms with E-state index in [4.69, 9.17) is 21.4 Å². The van der Waals surface area contributed by atoms with Crippen LogP contribution in [0.1, 0.15) is 13.8 Å². The molecule has 0 atom stereocenters. The van der Waals surface area contributed by atoms with Crippen molar-refractivity contribution in [1.82, 2.24) is 10.2 Å². The van der Waals surface area contributed by atoms with E-state index in [1.807, 2.05) is 4.90 Å². The molecule has 2 rings (SSSR count). The van der Waals surface area contributed by atoms with Crippen LogP contribution in [0.25, 0.3) is 0 Å². The van der Waals surface area contributed by atoms with Crippen LogP contribution in [0, 0.1) is 0 Å². The molecule has 0 aromatic heterocycles. The summed E-state index contributed by atoms with van der Waals surface area (Å²) in [6.07, 6.45) is 0. The number of hydrogen-bond donors (Lipinski definition) is 3. The summed E-state index contributed by atoms with van der Waals surface area (Å²) in [4.78, 5) is 26.3. The minimum absolute atomic E-state index is 0.0264. The SMILES string of the molecule is CCO.CCOC(=O)Sc1ccc(Cl)cc1NCC(=O)N1CCNCC1. The van der Waals surface area contributed by atoms with E-state index < -0.39 is 0 Å². The number of piperazine rings is 1. The molecule has 1 amide bonds. The lowest BCUT2D eigenvalue weighted by Crippen LogP contribution is -2.48. The second kappa shape index (κ2) is 12.8. The summed E-state index contributed by atoms with van der Waals surface area (Å²) < 4.78 is 4.93. The molecule has 26 heavy (non-hydrogen) atoms. The van der Waals surface area contributed by atoms with Gasteiger partial charge >= 0.3 is 5.30 Å². The molecule has 1 aliphatic heterocycles. The number of carbonyl (C=O) groups excluding carboxylic acids is 2. The molecular weight excluding hydrogens is 378 g/mol. The number of thioether (sulfide) groups is 1. The van der Waals surface area contributed by atoms with Crippen molar-refractivity contribution in [3.8, 4) is 0 Å². The number of aliphatic hydroxyl groups is 1. The second-order valence-electron chi connectivity index (χ2n) is 5.23. The summed E-state index contributed by atoms with van der Waals surface area (Å²) in [6, 6.07) is 5.14. The average Bonchev–Trinajstić information content (AvgIpc) is 2.63. The molecule has 1 aliphatic rings. The maximum absolute atomic E-state index is 12.2. The first kappa shape index (κ1) is 22.6. The van der Waals surface area contributed by atoms with Gasteiger partial charge in [-0.05, 0) is 43.8 Å². The lowest BCUT2D eigenvalue weighted by atomic mass is 10.3. The van der Waals surface area contributed by atoms with Gasteiger partial charge in [-0.15, -0.1) is 0 Å². The molecule has 1 aromatic carbocycles. The molecule has 9 heteroatoms. The molecule has 1 heterocycles. The molecule has 0 bridgehead atoms. The van der Waals surface area contributed by atoms with E-state index >= 15 is 0 Å². The third kappa shape index (κ3) is 8.27. The Labute approximate surface area is 163 Å². The first-order chi connectivity index (χ1) is 12.5. The van der Waals surface area contributed by atoms with E-state index in [-0.39, 0.29) is 24.4 Å². The smallest absolute Gasteiger partial charge is 0.372 e. The molecule has 3 N–H and O–H groups in total. The Balaban J connectivity index is 0.00000105. The van der Waals surface area contributed by atoms with E-state index in [2.05, 4.69) is 10.6 Å². The molecule has 0 aliphatic carbocycles. The van der Waals surface area contributed by atoms with Crippen molar-refractivity contribution in [1.29, 1.82) is 0 Å². The Morgan fingerprint density at radius 3 is 2.62 bits per heavy atom. The Morgan fingerprint density at radius 1 is 1.35 bits per heavy atom. The fraction of sp³-hybridized carbons (Fsp3) is 0.529. The average molecular weight is 404 g/mol. The van der Waals surface area contributed by atoms with Crippen LogP contribution < -0.4 is 10.6 Å². The number of aliphatic hydroxyl groups excluding tert-OH is 1. The van der Waals surface area contributed by atoms with Crippen LogP contribution in [0.4, 0.5) is 10.5 Å². The first-order valence-corrected chi connectivity index (χ1v) is 9.68. The number of hydrogen-bond acceptors (Lipinski definition) is 7. The van der Waals surface area contributed by atoms with Crippen molar-refractivity contribution in [3.05, 3.63) is 23.2 Å². The number of nitrogens with zero attached hydrogens (tertiary/aromatic N) is 1. The van der Waals surface area contributed by atoms with Gasteiger partial charge in [0, 0.05) is 42.7 Å². The number of amides is 1. The fourth-order valence-electron chi connectivity index (χ4n) is 2.16. The summed E-state index contributed by atoms with van der Waals surface area (Å²) in [5.41, 5.74) is 0.652. The van der Waals surface area contributed by atoms with Crippen LogP contribution in [0.5, 0.6) is 0 Å². The lowest BCUT2D eigenvalue weighted by Gasteiger charge is -2.27. The van der Waals surface area contributed by atoms with E-state index in [1.54, 1.807) is 32.0 Å². The van der Waals surface area contributed by atoms with Gasteiger partial charge in [0.1, 0.15) is 0 Å². The number of benzene rings is 1. The van der Waals surface area contributed by atoms with Crippen molar-refractivity contribution >= 4 is 40.3 Å². The second-order valence-corrected chi connectivity index (χ2v) is 6.64. The minimum atomic E-state index is -0.383. The van der Waals surface area contributed by atoms with Gasteiger partial charge in [0.2, 0.25) is 5.91 Å². The first-order valence-electron chi connectivity index (χ1n) is 8.49. The van der Waals surface area contributed by atoms with Gasteiger partial charge < -0.3 is 25.4 Å². The zero-order valence-corrected chi connectivity index (χ0v) is 16.7. The molecule has 1 saturated heterocycles. The van der Waals surface area contributed by atoms with Crippen LogP contribution in [-0.4, -0.2) is 67.2 Å². The number of rotatable bonds is 5. The van der Waals surface area contributed by atoms with Crippen molar-refractivity contribution in [3.63, 3.8) is 0 Å². The Kier molecular flexibility index (Phi) is 11.1. The normalized spacial score (nSPS) is 13.5. The summed E-state index contributed by atoms with van der Waals surface area (Å²) in [7, 11) is 0. The highest BCUT2D eigenvalue weighted by atomic mass is 35.5. The van der Waals surface area contributed by atoms with Gasteiger partial charge in [0.05, 0.1) is 18.8 Å². The fourth-order valence-corrected chi connectivity index (χ4v) is 3.07. The molecule has 0 radical (unpaired) electrons. The molecule has 146 valence electrons. The van der Waals surface area contributed by atoms with Crippen LogP contribution >= 0.6 is 23.4 Å². The maximum Gasteiger partial charge on any atom is 0.372 e. The molecule has 0 saturated carbocycles. The van der Waals surface area contributed by atoms with Gasteiger partial charge in [-0.3, -0.25) is 4.79 Å². The number of ether oxygens (including phenoxy) is 1. The molecular formula is C17H26ClN3O4S. The topological polar surface area (TPSA) is 90.9 Å². The van der Waals surface area contributed by atoms with Crippen molar-refractivity contribution in [2.75, 3.05) is 51.3 Å². The van der Waals surface area contributed by atoms with Crippen LogP contribution in [0.3, 0.4) is 0 Å². The van der Waals surface area contributed by atoms with Crippen molar-refractivity contribution in [2.45, 2.75) is 18.7 Å². The van der Waals surface area contributed by atoms with Gasteiger partial charge in [0.15, 0.2) is 0 Å². The zero-order valence-electron chi connectivity index (χ0n) is 15.1.